The lowest BCUT2D eigenvalue weighted by Crippen LogP contribution is -2.52. The van der Waals surface area contributed by atoms with Gasteiger partial charge in [-0.05, 0) is 79.5 Å². The summed E-state index contributed by atoms with van der Waals surface area (Å²) in [4.78, 5) is 30.0. The fourth-order valence-corrected chi connectivity index (χ4v) is 6.70. The lowest BCUT2D eigenvalue weighted by atomic mass is 9.95. The molecule has 3 aliphatic rings. The Balaban J connectivity index is 1.16. The van der Waals surface area contributed by atoms with Crippen LogP contribution in [0.4, 0.5) is 9.18 Å². The molecule has 2 saturated heterocycles. The zero-order chi connectivity index (χ0) is 25.9. The molecule has 0 spiro atoms. The van der Waals surface area contributed by atoms with Gasteiger partial charge in [0.1, 0.15) is 5.82 Å². The van der Waals surface area contributed by atoms with Crippen molar-refractivity contribution in [2.24, 2.45) is 5.92 Å². The van der Waals surface area contributed by atoms with Gasteiger partial charge >= 0.3 is 6.03 Å². The van der Waals surface area contributed by atoms with Crippen LogP contribution in [0.25, 0.3) is 11.1 Å². The number of likely N-dealkylation sites (tertiary alicyclic amines) is 2. The third-order valence-electron chi connectivity index (χ3n) is 8.25. The average molecular weight is 547 g/mol. The van der Waals surface area contributed by atoms with Crippen molar-refractivity contribution in [2.45, 2.75) is 69.9 Å². The molecule has 1 aliphatic carbocycles. The molecule has 0 bridgehead atoms. The van der Waals surface area contributed by atoms with Gasteiger partial charge in [-0.15, -0.1) is 0 Å². The number of carbonyl (C=O) groups is 2. The summed E-state index contributed by atoms with van der Waals surface area (Å²) >= 11 is 13.2. The molecule has 5 nitrogen and oxygen atoms in total. The summed E-state index contributed by atoms with van der Waals surface area (Å²) in [7, 11) is 0. The van der Waals surface area contributed by atoms with Crippen LogP contribution in [0.1, 0.15) is 56.9 Å². The van der Waals surface area contributed by atoms with Crippen molar-refractivity contribution >= 4 is 35.1 Å². The van der Waals surface area contributed by atoms with Crippen LogP contribution in [0.5, 0.6) is 0 Å². The van der Waals surface area contributed by atoms with E-state index in [1.807, 2.05) is 21.9 Å². The fourth-order valence-electron chi connectivity index (χ4n) is 6.06. The van der Waals surface area contributed by atoms with Crippen molar-refractivity contribution in [3.63, 3.8) is 0 Å². The third-order valence-corrected chi connectivity index (χ3v) is 8.92. The van der Waals surface area contributed by atoms with Crippen molar-refractivity contribution in [3.05, 3.63) is 57.8 Å². The van der Waals surface area contributed by atoms with Gasteiger partial charge in [-0.3, -0.25) is 4.79 Å². The van der Waals surface area contributed by atoms with Gasteiger partial charge in [0, 0.05) is 47.7 Å². The topological polar surface area (TPSA) is 52.7 Å². The Bertz CT molecular complexity index is 1110. The molecule has 8 heteroatoms. The smallest absolute Gasteiger partial charge is 0.317 e. The second-order valence-electron chi connectivity index (χ2n) is 10.6. The molecule has 3 fully saturated rings. The summed E-state index contributed by atoms with van der Waals surface area (Å²) in [5.74, 6) is -0.297. The normalized spacial score (nSPS) is 21.5. The Morgan fingerprint density at radius 1 is 0.892 bits per heavy atom. The van der Waals surface area contributed by atoms with Crippen molar-refractivity contribution in [2.75, 3.05) is 19.6 Å². The average Bonchev–Trinajstić information content (AvgIpc) is 3.27. The summed E-state index contributed by atoms with van der Waals surface area (Å²) in [6, 6.07) is 10.4. The molecule has 0 unspecified atom stereocenters. The van der Waals surface area contributed by atoms with Crippen molar-refractivity contribution in [1.82, 2.24) is 15.1 Å². The number of hydrogen-bond donors (Lipinski definition) is 1. The van der Waals surface area contributed by atoms with Crippen LogP contribution < -0.4 is 5.32 Å². The van der Waals surface area contributed by atoms with E-state index in [9.17, 15) is 14.0 Å². The standard InChI is InChI=1S/C29H34Cl2FN3O2/c30-26-17-21(19-6-8-22(32)9-7-19)18-27(31)25(26)16-20-10-15-35(28(20)36)24-11-13-34(14-12-24)29(37)33-23-4-2-1-3-5-23/h6-9,17-18,20,23-24H,1-5,10-16H2,(H,33,37)/t20-/m0/s1. The van der Waals surface area contributed by atoms with Crippen LogP contribution in [0.3, 0.4) is 0 Å². The van der Waals surface area contributed by atoms with Gasteiger partial charge in [0.25, 0.3) is 0 Å². The maximum atomic E-state index is 13.3. The molecular weight excluding hydrogens is 512 g/mol. The maximum absolute atomic E-state index is 13.3. The Hall–Kier alpha value is -2.31. The van der Waals surface area contributed by atoms with E-state index in [-0.39, 0.29) is 29.7 Å². The fraction of sp³-hybridized carbons (Fsp3) is 0.517. The van der Waals surface area contributed by atoms with Gasteiger partial charge in [0.2, 0.25) is 5.91 Å². The van der Waals surface area contributed by atoms with E-state index in [2.05, 4.69) is 5.32 Å². The molecule has 2 aliphatic heterocycles. The molecule has 37 heavy (non-hydrogen) atoms. The third kappa shape index (κ3) is 6.06. The highest BCUT2D eigenvalue weighted by Crippen LogP contribution is 2.36. The molecule has 1 saturated carbocycles. The Labute approximate surface area is 228 Å². The van der Waals surface area contributed by atoms with E-state index in [4.69, 9.17) is 23.2 Å². The number of nitrogens with zero attached hydrogens (tertiary/aromatic N) is 2. The molecule has 0 radical (unpaired) electrons. The van der Waals surface area contributed by atoms with Gasteiger partial charge < -0.3 is 15.1 Å². The zero-order valence-corrected chi connectivity index (χ0v) is 22.5. The Morgan fingerprint density at radius 3 is 2.19 bits per heavy atom. The zero-order valence-electron chi connectivity index (χ0n) is 21.0. The van der Waals surface area contributed by atoms with E-state index in [1.54, 1.807) is 12.1 Å². The lowest BCUT2D eigenvalue weighted by Gasteiger charge is -2.37. The summed E-state index contributed by atoms with van der Waals surface area (Å²) in [5.41, 5.74) is 2.43. The number of nitrogens with one attached hydrogen (secondary N) is 1. The summed E-state index contributed by atoms with van der Waals surface area (Å²) in [5, 5.41) is 4.26. The molecule has 0 aromatic heterocycles. The summed E-state index contributed by atoms with van der Waals surface area (Å²) < 4.78 is 13.3. The van der Waals surface area contributed by atoms with Crippen LogP contribution in [0, 0.1) is 11.7 Å². The molecule has 1 atom stereocenters. The van der Waals surface area contributed by atoms with E-state index in [0.717, 1.165) is 55.3 Å². The largest absolute Gasteiger partial charge is 0.339 e. The second kappa shape index (κ2) is 11.6. The van der Waals surface area contributed by atoms with Crippen LogP contribution in [-0.2, 0) is 11.2 Å². The second-order valence-corrected chi connectivity index (χ2v) is 11.5. The Kier molecular flexibility index (Phi) is 8.25. The maximum Gasteiger partial charge on any atom is 0.317 e. The van der Waals surface area contributed by atoms with Crippen molar-refractivity contribution < 1.29 is 14.0 Å². The van der Waals surface area contributed by atoms with E-state index < -0.39 is 0 Å². The van der Waals surface area contributed by atoms with Gasteiger partial charge in [0.05, 0.1) is 0 Å². The predicted octanol–water partition coefficient (Wildman–Crippen LogP) is 6.70. The van der Waals surface area contributed by atoms with E-state index in [0.29, 0.717) is 35.6 Å². The van der Waals surface area contributed by atoms with Gasteiger partial charge in [0.15, 0.2) is 0 Å². The van der Waals surface area contributed by atoms with Crippen LogP contribution in [-0.4, -0.2) is 53.5 Å². The minimum atomic E-state index is -0.296. The first-order valence-corrected chi connectivity index (χ1v) is 14.2. The SMILES string of the molecule is O=C(NC1CCCCC1)N1CCC(N2CC[C@@H](Cc3c(Cl)cc(-c4ccc(F)cc4)cc3Cl)C2=O)CC1. The molecule has 5 rings (SSSR count). The van der Waals surface area contributed by atoms with Crippen molar-refractivity contribution in [3.8, 4) is 11.1 Å². The highest BCUT2D eigenvalue weighted by molar-refractivity contribution is 6.36. The highest BCUT2D eigenvalue weighted by atomic mass is 35.5. The predicted molar refractivity (Wildman–Crippen MR) is 145 cm³/mol. The number of urea groups is 1. The monoisotopic (exact) mass is 545 g/mol. The Morgan fingerprint density at radius 2 is 1.54 bits per heavy atom. The highest BCUT2D eigenvalue weighted by Gasteiger charge is 2.38. The summed E-state index contributed by atoms with van der Waals surface area (Å²) in [6.07, 6.45) is 8.70. The number of halogens is 3. The number of amides is 3. The minimum Gasteiger partial charge on any atom is -0.339 e. The number of benzene rings is 2. The number of piperidine rings is 1. The number of carbonyl (C=O) groups excluding carboxylic acids is 2. The van der Waals surface area contributed by atoms with E-state index in [1.165, 1.54) is 31.4 Å². The van der Waals surface area contributed by atoms with Gasteiger partial charge in [-0.25, -0.2) is 9.18 Å². The quantitative estimate of drug-likeness (QED) is 0.454. The molecular formula is C29H34Cl2FN3O2. The van der Waals surface area contributed by atoms with E-state index >= 15 is 0 Å². The first kappa shape index (κ1) is 26.3. The van der Waals surface area contributed by atoms with Crippen molar-refractivity contribution in [1.29, 1.82) is 0 Å². The van der Waals surface area contributed by atoms with Crippen LogP contribution in [0.15, 0.2) is 36.4 Å². The van der Waals surface area contributed by atoms with Gasteiger partial charge in [-0.1, -0.05) is 54.6 Å². The number of hydrogen-bond acceptors (Lipinski definition) is 2. The molecule has 2 aromatic carbocycles. The molecule has 2 heterocycles. The van der Waals surface area contributed by atoms with Crippen LogP contribution >= 0.6 is 23.2 Å². The molecule has 198 valence electrons. The molecule has 1 N–H and O–H groups in total. The first-order chi connectivity index (χ1) is 17.9. The summed E-state index contributed by atoms with van der Waals surface area (Å²) in [6.45, 7) is 2.09. The van der Waals surface area contributed by atoms with Crippen LogP contribution in [0.2, 0.25) is 10.0 Å². The number of rotatable bonds is 5. The van der Waals surface area contributed by atoms with Gasteiger partial charge in [-0.2, -0.15) is 0 Å². The lowest BCUT2D eigenvalue weighted by molar-refractivity contribution is -0.133. The minimum absolute atomic E-state index is 0.0457. The molecule has 2 aromatic rings. The first-order valence-electron chi connectivity index (χ1n) is 13.5. The molecule has 3 amide bonds.